The third kappa shape index (κ3) is 13.4. The van der Waals surface area contributed by atoms with Gasteiger partial charge in [0.25, 0.3) is 5.91 Å². The Kier molecular flexibility index (Phi) is 15.7. The van der Waals surface area contributed by atoms with Gasteiger partial charge in [0.15, 0.2) is 19.8 Å². The minimum absolute atomic E-state index is 0.0770. The molecule has 4 aromatic rings. The van der Waals surface area contributed by atoms with Crippen molar-refractivity contribution in [3.63, 3.8) is 0 Å². The number of carboxylic acids is 1. The molecule has 0 fully saturated rings. The number of nitrogens with one attached hydrogen (secondary N) is 2. The van der Waals surface area contributed by atoms with Gasteiger partial charge in [-0.2, -0.15) is 0 Å². The van der Waals surface area contributed by atoms with Crippen LogP contribution in [0.2, 0.25) is 18.1 Å². The van der Waals surface area contributed by atoms with Crippen LogP contribution in [0.25, 0.3) is 0 Å². The quantitative estimate of drug-likeness (QED) is 0.0602. The van der Waals surface area contributed by atoms with E-state index < -0.39 is 32.5 Å². The van der Waals surface area contributed by atoms with Crippen molar-refractivity contribution in [1.82, 2.24) is 10.6 Å². The Morgan fingerprint density at radius 3 is 1.83 bits per heavy atom. The summed E-state index contributed by atoms with van der Waals surface area (Å²) in [5.74, 6) is -0.517. The summed E-state index contributed by atoms with van der Waals surface area (Å²) in [6, 6.07) is 33.4. The second-order valence-corrected chi connectivity index (χ2v) is 19.5. The van der Waals surface area contributed by atoms with Crippen LogP contribution in [0.15, 0.2) is 109 Å². The van der Waals surface area contributed by atoms with Crippen LogP contribution in [0.3, 0.4) is 0 Å². The average molecular weight is 755 g/mol. The van der Waals surface area contributed by atoms with Crippen molar-refractivity contribution in [3.8, 4) is 11.5 Å². The van der Waals surface area contributed by atoms with Gasteiger partial charge in [-0.25, -0.2) is 4.79 Å². The average Bonchev–Trinajstić information content (AvgIpc) is 3.15. The summed E-state index contributed by atoms with van der Waals surface area (Å²) in [6.45, 7) is 11.3. The van der Waals surface area contributed by atoms with Gasteiger partial charge in [0.1, 0.15) is 19.8 Å². The lowest BCUT2D eigenvalue weighted by Crippen LogP contribution is -2.52. The van der Waals surface area contributed by atoms with Crippen LogP contribution in [0.5, 0.6) is 11.5 Å². The van der Waals surface area contributed by atoms with Gasteiger partial charge >= 0.3 is 12.1 Å². The standard InChI is InChI=1S/C43H54N2O8Si/c1-43(2,3)54(4,5)53-38(28-39(46)47)36(45-42(49)52-31-34-22-13-8-14-23-34)25-15-16-27-44-41(48)35-24-17-26-37(50-29-32-18-9-6-10-19-32)40(35)51-30-33-20-11-7-12-21-33/h6-14,17-24,26,36,38H,15-16,25,27-31H2,1-5H3,(H,44,48)(H,45,49)(H,46,47)/t36-,38+/m0/s1. The fourth-order valence-electron chi connectivity index (χ4n) is 5.47. The van der Waals surface area contributed by atoms with Crippen molar-refractivity contribution in [1.29, 1.82) is 0 Å². The molecule has 4 aromatic carbocycles. The summed E-state index contributed by atoms with van der Waals surface area (Å²) in [6.07, 6.45) is -0.154. The first-order valence-electron chi connectivity index (χ1n) is 18.4. The van der Waals surface area contributed by atoms with Crippen molar-refractivity contribution in [2.75, 3.05) is 6.54 Å². The second kappa shape index (κ2) is 20.4. The molecular formula is C43H54N2O8Si. The van der Waals surface area contributed by atoms with Gasteiger partial charge in [-0.3, -0.25) is 9.59 Å². The predicted molar refractivity (Wildman–Crippen MR) is 212 cm³/mol. The summed E-state index contributed by atoms with van der Waals surface area (Å²) >= 11 is 0. The lowest BCUT2D eigenvalue weighted by atomic mass is 10.0. The van der Waals surface area contributed by atoms with E-state index in [9.17, 15) is 19.5 Å². The summed E-state index contributed by atoms with van der Waals surface area (Å²) in [5, 5.41) is 15.6. The van der Waals surface area contributed by atoms with E-state index >= 15 is 0 Å². The fourth-order valence-corrected chi connectivity index (χ4v) is 6.83. The zero-order valence-corrected chi connectivity index (χ0v) is 33.0. The molecule has 11 heteroatoms. The largest absolute Gasteiger partial charge is 0.485 e. The van der Waals surface area contributed by atoms with Gasteiger partial charge < -0.3 is 34.4 Å². The SMILES string of the molecule is CC(C)(C)[Si](C)(C)O[C@H](CC(=O)O)[C@H](CCCCNC(=O)c1cccc(OCc2ccccc2)c1OCc1ccccc1)NC(=O)OCc1ccccc1. The molecule has 0 bridgehead atoms. The Balaban J connectivity index is 1.43. The Morgan fingerprint density at radius 1 is 0.722 bits per heavy atom. The number of hydrogen-bond acceptors (Lipinski definition) is 7. The molecule has 2 atom stereocenters. The van der Waals surface area contributed by atoms with Gasteiger partial charge in [-0.15, -0.1) is 0 Å². The molecule has 2 amide bonds. The molecule has 0 aliphatic rings. The smallest absolute Gasteiger partial charge is 0.407 e. The molecule has 0 aliphatic heterocycles. The number of ether oxygens (including phenoxy) is 3. The van der Waals surface area contributed by atoms with E-state index in [1.165, 1.54) is 0 Å². The number of rotatable bonds is 20. The number of benzene rings is 4. The Labute approximate surface area is 320 Å². The summed E-state index contributed by atoms with van der Waals surface area (Å²) in [5.41, 5.74) is 3.12. The van der Waals surface area contributed by atoms with Crippen molar-refractivity contribution in [2.24, 2.45) is 0 Å². The van der Waals surface area contributed by atoms with Crippen molar-refractivity contribution >= 4 is 26.3 Å². The highest BCUT2D eigenvalue weighted by atomic mass is 28.4. The number of amides is 2. The highest BCUT2D eigenvalue weighted by molar-refractivity contribution is 6.74. The summed E-state index contributed by atoms with van der Waals surface area (Å²) < 4.78 is 24.5. The lowest BCUT2D eigenvalue weighted by Gasteiger charge is -2.41. The molecule has 0 aliphatic carbocycles. The van der Waals surface area contributed by atoms with E-state index in [2.05, 4.69) is 44.5 Å². The first-order chi connectivity index (χ1) is 25.8. The Morgan fingerprint density at radius 2 is 1.28 bits per heavy atom. The van der Waals surface area contributed by atoms with E-state index in [0.717, 1.165) is 16.7 Å². The molecule has 4 rings (SSSR count). The van der Waals surface area contributed by atoms with Crippen LogP contribution in [0, 0.1) is 0 Å². The number of para-hydroxylation sites is 1. The number of unbranched alkanes of at least 4 members (excludes halogenated alkanes) is 1. The van der Waals surface area contributed by atoms with Crippen LogP contribution in [-0.4, -0.2) is 50.1 Å². The van der Waals surface area contributed by atoms with Gasteiger partial charge in [0.05, 0.1) is 24.1 Å². The van der Waals surface area contributed by atoms with Gasteiger partial charge in [-0.05, 0) is 66.2 Å². The zero-order valence-electron chi connectivity index (χ0n) is 32.0. The molecule has 0 spiro atoms. The number of aliphatic carboxylic acids is 1. The topological polar surface area (TPSA) is 132 Å². The van der Waals surface area contributed by atoms with Gasteiger partial charge in [0.2, 0.25) is 0 Å². The minimum atomic E-state index is -2.43. The van der Waals surface area contributed by atoms with Crippen molar-refractivity contribution in [2.45, 2.75) is 96.6 Å². The van der Waals surface area contributed by atoms with Crippen LogP contribution in [-0.2, 0) is 33.8 Å². The van der Waals surface area contributed by atoms with Crippen molar-refractivity contribution in [3.05, 3.63) is 131 Å². The maximum atomic E-state index is 13.6. The second-order valence-electron chi connectivity index (χ2n) is 14.8. The van der Waals surface area contributed by atoms with E-state index in [1.807, 2.05) is 91.0 Å². The summed E-state index contributed by atoms with van der Waals surface area (Å²) in [4.78, 5) is 38.7. The molecule has 0 saturated carbocycles. The van der Waals surface area contributed by atoms with Gasteiger partial charge in [-0.1, -0.05) is 118 Å². The zero-order chi connectivity index (χ0) is 39.0. The predicted octanol–water partition coefficient (Wildman–Crippen LogP) is 8.90. The number of hydrogen-bond donors (Lipinski definition) is 3. The lowest BCUT2D eigenvalue weighted by molar-refractivity contribution is -0.139. The first-order valence-corrected chi connectivity index (χ1v) is 21.3. The number of carbonyl (C=O) groups excluding carboxylic acids is 2. The molecule has 0 unspecified atom stereocenters. The molecular weight excluding hydrogens is 701 g/mol. The van der Waals surface area contributed by atoms with E-state index in [4.69, 9.17) is 18.6 Å². The third-order valence-electron chi connectivity index (χ3n) is 9.51. The number of carboxylic acid groups (broad SMARTS) is 1. The highest BCUT2D eigenvalue weighted by Crippen LogP contribution is 2.38. The maximum Gasteiger partial charge on any atom is 0.407 e. The van der Waals surface area contributed by atoms with Gasteiger partial charge in [0, 0.05) is 6.54 Å². The maximum absolute atomic E-state index is 13.6. The molecule has 0 radical (unpaired) electrons. The molecule has 0 aromatic heterocycles. The van der Waals surface area contributed by atoms with Crippen LogP contribution in [0.4, 0.5) is 4.79 Å². The Hall–Kier alpha value is -5.13. The van der Waals surface area contributed by atoms with E-state index in [1.54, 1.807) is 18.2 Å². The third-order valence-corrected chi connectivity index (χ3v) is 14.0. The van der Waals surface area contributed by atoms with Crippen LogP contribution < -0.4 is 20.1 Å². The van der Waals surface area contributed by atoms with Crippen LogP contribution >= 0.6 is 0 Å². The Bertz CT molecular complexity index is 1760. The van der Waals surface area contributed by atoms with E-state index in [0.29, 0.717) is 49.5 Å². The molecule has 10 nitrogen and oxygen atoms in total. The van der Waals surface area contributed by atoms with E-state index in [-0.39, 0.29) is 30.6 Å². The summed E-state index contributed by atoms with van der Waals surface area (Å²) in [7, 11) is -2.43. The highest BCUT2D eigenvalue weighted by Gasteiger charge is 2.41. The fraction of sp³-hybridized carbons (Fsp3) is 0.372. The molecule has 288 valence electrons. The van der Waals surface area contributed by atoms with Crippen LogP contribution in [0.1, 0.15) is 73.5 Å². The molecule has 3 N–H and O–H groups in total. The number of alkyl carbamates (subject to hydrolysis) is 1. The molecule has 54 heavy (non-hydrogen) atoms. The normalized spacial score (nSPS) is 12.6. The number of carbonyl (C=O) groups is 3. The van der Waals surface area contributed by atoms with Crippen molar-refractivity contribution < 1.29 is 38.1 Å². The molecule has 0 heterocycles. The first kappa shape index (κ1) is 41.6. The molecule has 0 saturated heterocycles. The monoisotopic (exact) mass is 754 g/mol. The minimum Gasteiger partial charge on any atom is -0.485 e.